The Balaban J connectivity index is 1.77. The van der Waals surface area contributed by atoms with Crippen molar-refractivity contribution in [1.82, 2.24) is 10.2 Å². The maximum absolute atomic E-state index is 14.0. The molecule has 1 fully saturated rings. The van der Waals surface area contributed by atoms with E-state index in [9.17, 15) is 24.2 Å². The standard InChI is InChI=1S/C40H52FN3O9/c1-5-21-51-40-35(44(39(48)49-3)25-26-13-15-28(41)16-14-26)24-33(43-50-4)31-22-27(11-7-9-19-45)30(12-8-10-20-46)36(37(31)40)32-23-29(17-18-34(32)53-40)52-38(47)42-6-2/h5,13-18,22-23,27,30,35-37,45-46H,1,6-12,19-21,24-25H2,2-4H3,(H,42,47)/t27-,30+,35-,36+,37+,40+/m0/s1. The van der Waals surface area contributed by atoms with Gasteiger partial charge in [0.25, 0.3) is 0 Å². The monoisotopic (exact) mass is 737 g/mol. The van der Waals surface area contributed by atoms with Gasteiger partial charge in [-0.05, 0) is 85.9 Å². The van der Waals surface area contributed by atoms with Crippen LogP contribution in [0.3, 0.4) is 0 Å². The molecule has 0 unspecified atom stereocenters. The molecule has 12 nitrogen and oxygen atoms in total. The molecule has 3 N–H and O–H groups in total. The van der Waals surface area contributed by atoms with Crippen LogP contribution in [-0.4, -0.2) is 85.4 Å². The summed E-state index contributed by atoms with van der Waals surface area (Å²) in [6, 6.07) is 10.4. The average molecular weight is 738 g/mol. The third kappa shape index (κ3) is 8.69. The zero-order valence-corrected chi connectivity index (χ0v) is 30.8. The quantitative estimate of drug-likeness (QED) is 0.0945. The zero-order valence-electron chi connectivity index (χ0n) is 30.8. The summed E-state index contributed by atoms with van der Waals surface area (Å²) in [6.45, 7) is 6.40. The van der Waals surface area contributed by atoms with Crippen LogP contribution in [-0.2, 0) is 20.9 Å². The number of carbonyl (C=O) groups excluding carboxylic acids is 2. The first kappa shape index (κ1) is 39.7. The molecule has 1 aliphatic heterocycles. The molecule has 0 aromatic heterocycles. The Labute approximate surface area is 310 Å². The summed E-state index contributed by atoms with van der Waals surface area (Å²) in [5, 5.41) is 26.7. The fourth-order valence-corrected chi connectivity index (χ4v) is 8.32. The molecule has 2 aliphatic carbocycles. The van der Waals surface area contributed by atoms with Crippen LogP contribution in [0.1, 0.15) is 68.9 Å². The highest BCUT2D eigenvalue weighted by atomic mass is 19.1. The highest BCUT2D eigenvalue weighted by molar-refractivity contribution is 6.03. The molecule has 288 valence electrons. The van der Waals surface area contributed by atoms with E-state index in [1.165, 1.54) is 26.4 Å². The Morgan fingerprint density at radius 1 is 1.09 bits per heavy atom. The highest BCUT2D eigenvalue weighted by Gasteiger charge is 2.65. The number of unbranched alkanes of at least 4 members (excludes halogenated alkanes) is 2. The third-order valence-corrected chi connectivity index (χ3v) is 10.4. The normalized spacial score (nSPS) is 24.9. The fourth-order valence-electron chi connectivity index (χ4n) is 8.32. The number of amides is 2. The molecule has 2 amide bonds. The molecule has 0 bridgehead atoms. The van der Waals surface area contributed by atoms with E-state index in [1.54, 1.807) is 42.2 Å². The van der Waals surface area contributed by atoms with Gasteiger partial charge in [0.15, 0.2) is 0 Å². The van der Waals surface area contributed by atoms with Gasteiger partial charge < -0.3 is 39.3 Å². The molecule has 5 rings (SSSR count). The van der Waals surface area contributed by atoms with Gasteiger partial charge in [-0.1, -0.05) is 42.3 Å². The zero-order chi connectivity index (χ0) is 38.0. The number of halogens is 1. The molecule has 2 aromatic carbocycles. The minimum Gasteiger partial charge on any atom is -0.459 e. The smallest absolute Gasteiger partial charge is 0.412 e. The number of hydrogen-bond acceptors (Lipinski definition) is 10. The number of aliphatic hydroxyl groups is 2. The molecular weight excluding hydrogens is 685 g/mol. The average Bonchev–Trinajstić information content (AvgIpc) is 3.15. The number of nitrogens with one attached hydrogen (secondary N) is 1. The van der Waals surface area contributed by atoms with Crippen molar-refractivity contribution in [2.75, 3.05) is 40.6 Å². The number of fused-ring (bicyclic) bond motifs is 2. The van der Waals surface area contributed by atoms with E-state index in [2.05, 4.69) is 23.1 Å². The van der Waals surface area contributed by atoms with E-state index in [0.29, 0.717) is 42.2 Å². The summed E-state index contributed by atoms with van der Waals surface area (Å²) in [5.41, 5.74) is 2.94. The Kier molecular flexibility index (Phi) is 13.9. The van der Waals surface area contributed by atoms with Gasteiger partial charge in [0.1, 0.15) is 30.5 Å². The number of ether oxygens (including phenoxy) is 4. The van der Waals surface area contributed by atoms with Gasteiger partial charge in [0, 0.05) is 44.2 Å². The highest BCUT2D eigenvalue weighted by Crippen LogP contribution is 2.62. The van der Waals surface area contributed by atoms with Crippen LogP contribution < -0.4 is 14.8 Å². The molecule has 1 saturated carbocycles. The predicted octanol–water partition coefficient (Wildman–Crippen LogP) is 6.47. The molecule has 2 aromatic rings. The molecule has 13 heteroatoms. The van der Waals surface area contributed by atoms with Gasteiger partial charge in [0.2, 0.25) is 5.79 Å². The number of methoxy groups -OCH3 is 1. The van der Waals surface area contributed by atoms with Crippen LogP contribution in [0.2, 0.25) is 0 Å². The van der Waals surface area contributed by atoms with Crippen LogP contribution in [0.25, 0.3) is 0 Å². The van der Waals surface area contributed by atoms with Crippen LogP contribution in [0.4, 0.5) is 14.0 Å². The first-order valence-corrected chi connectivity index (χ1v) is 18.4. The van der Waals surface area contributed by atoms with Crippen molar-refractivity contribution < 1.29 is 48.0 Å². The number of allylic oxidation sites excluding steroid dienone is 1. The van der Waals surface area contributed by atoms with Crippen molar-refractivity contribution >= 4 is 17.9 Å². The number of benzene rings is 2. The second-order valence-electron chi connectivity index (χ2n) is 13.6. The van der Waals surface area contributed by atoms with Gasteiger partial charge in [0.05, 0.1) is 25.3 Å². The molecule has 1 heterocycles. The first-order valence-electron chi connectivity index (χ1n) is 18.4. The summed E-state index contributed by atoms with van der Waals surface area (Å²) in [5.74, 6) is -1.93. The lowest BCUT2D eigenvalue weighted by Gasteiger charge is -2.59. The molecule has 0 spiro atoms. The van der Waals surface area contributed by atoms with Crippen molar-refractivity contribution in [3.63, 3.8) is 0 Å². The van der Waals surface area contributed by atoms with Crippen LogP contribution in [0.15, 0.2) is 71.9 Å². The molecule has 0 radical (unpaired) electrons. The van der Waals surface area contributed by atoms with E-state index in [4.69, 9.17) is 23.8 Å². The summed E-state index contributed by atoms with van der Waals surface area (Å²) in [7, 11) is 2.78. The Morgan fingerprint density at radius 3 is 2.49 bits per heavy atom. The van der Waals surface area contributed by atoms with Gasteiger partial charge in [-0.3, -0.25) is 4.90 Å². The Morgan fingerprint density at radius 2 is 1.83 bits per heavy atom. The van der Waals surface area contributed by atoms with E-state index in [0.717, 1.165) is 36.8 Å². The minimum atomic E-state index is -1.51. The molecule has 6 atom stereocenters. The lowest BCUT2D eigenvalue weighted by atomic mass is 9.55. The van der Waals surface area contributed by atoms with Crippen LogP contribution in [0.5, 0.6) is 11.5 Å². The molecular formula is C40H52FN3O9. The maximum atomic E-state index is 14.0. The maximum Gasteiger partial charge on any atom is 0.412 e. The van der Waals surface area contributed by atoms with Crippen LogP contribution in [0, 0.1) is 23.6 Å². The number of aliphatic hydroxyl groups excluding tert-OH is 2. The van der Waals surface area contributed by atoms with Crippen molar-refractivity contribution in [1.29, 1.82) is 0 Å². The second kappa shape index (κ2) is 18.5. The number of rotatable bonds is 17. The number of carbonyl (C=O) groups is 2. The van der Waals surface area contributed by atoms with E-state index < -0.39 is 35.8 Å². The number of oxime groups is 1. The molecule has 53 heavy (non-hydrogen) atoms. The Bertz CT molecular complexity index is 1630. The summed E-state index contributed by atoms with van der Waals surface area (Å²) >= 11 is 0. The van der Waals surface area contributed by atoms with E-state index in [-0.39, 0.29) is 50.5 Å². The van der Waals surface area contributed by atoms with Gasteiger partial charge in [-0.25, -0.2) is 14.0 Å². The van der Waals surface area contributed by atoms with Crippen molar-refractivity contribution in [3.05, 3.63) is 83.7 Å². The fraction of sp³-hybridized carbons (Fsp3) is 0.525. The topological polar surface area (TPSA) is 148 Å². The second-order valence-corrected chi connectivity index (χ2v) is 13.6. The lowest BCUT2D eigenvalue weighted by Crippen LogP contribution is -2.70. The van der Waals surface area contributed by atoms with Crippen molar-refractivity contribution in [2.45, 2.75) is 76.2 Å². The largest absolute Gasteiger partial charge is 0.459 e. The SMILES string of the molecule is C=CCO[C@@]12Oc3ccc(OC(=O)NCC)cc3[C@H]3[C@H](CCCCO)[C@@H](CCCCO)C=C(C(=NOC)C[C@@H]1N(Cc1ccc(F)cc1)C(=O)OC)[C@H]32. The Hall–Kier alpha value is -4.46. The van der Waals surface area contributed by atoms with Crippen LogP contribution >= 0.6 is 0 Å². The predicted molar refractivity (Wildman–Crippen MR) is 196 cm³/mol. The summed E-state index contributed by atoms with van der Waals surface area (Å²) < 4.78 is 39.0. The summed E-state index contributed by atoms with van der Waals surface area (Å²) in [6.07, 6.45) is 7.12. The van der Waals surface area contributed by atoms with Gasteiger partial charge in [-0.2, -0.15) is 0 Å². The van der Waals surface area contributed by atoms with Crippen molar-refractivity contribution in [2.24, 2.45) is 22.9 Å². The van der Waals surface area contributed by atoms with Gasteiger partial charge >= 0.3 is 12.2 Å². The van der Waals surface area contributed by atoms with Gasteiger partial charge in [-0.15, -0.1) is 6.58 Å². The minimum absolute atomic E-state index is 0.0192. The summed E-state index contributed by atoms with van der Waals surface area (Å²) in [4.78, 5) is 33.5. The van der Waals surface area contributed by atoms with Crippen molar-refractivity contribution in [3.8, 4) is 11.5 Å². The molecule has 3 aliphatic rings. The number of nitrogens with zero attached hydrogens (tertiary/aromatic N) is 2. The molecule has 0 saturated heterocycles. The number of hydrogen-bond donors (Lipinski definition) is 3. The van der Waals surface area contributed by atoms with E-state index >= 15 is 0 Å². The first-order chi connectivity index (χ1) is 25.7. The van der Waals surface area contributed by atoms with E-state index in [1.807, 2.05) is 6.07 Å². The third-order valence-electron chi connectivity index (χ3n) is 10.4. The lowest BCUT2D eigenvalue weighted by molar-refractivity contribution is -0.256.